The van der Waals surface area contributed by atoms with Crippen LogP contribution in [0.2, 0.25) is 0 Å². The Hall–Kier alpha value is -2.17. The van der Waals surface area contributed by atoms with Gasteiger partial charge in [-0.3, -0.25) is 4.79 Å². The zero-order valence-corrected chi connectivity index (χ0v) is 36.4. The molecule has 1 atom stereocenters. The van der Waals surface area contributed by atoms with Crippen LogP contribution in [0.4, 0.5) is 0 Å². The van der Waals surface area contributed by atoms with Crippen LogP contribution >= 0.6 is 0 Å². The van der Waals surface area contributed by atoms with Gasteiger partial charge in [-0.2, -0.15) is 0 Å². The Morgan fingerprint density at radius 1 is 0.455 bits per heavy atom. The number of allylic oxidation sites excluding steroid dienone is 12. The normalized spacial score (nSPS) is 13.0. The second kappa shape index (κ2) is 48.0. The maximum absolute atomic E-state index is 12.2. The van der Waals surface area contributed by atoms with E-state index in [9.17, 15) is 9.90 Å². The highest BCUT2D eigenvalue weighted by atomic mass is 16.6. The largest absolute Gasteiger partial charge is 0.457 e. The average molecular weight is 767 g/mol. The van der Waals surface area contributed by atoms with Crippen LogP contribution in [0.5, 0.6) is 0 Å². The lowest BCUT2D eigenvalue weighted by Gasteiger charge is -2.15. The Morgan fingerprint density at radius 3 is 1.24 bits per heavy atom. The van der Waals surface area contributed by atoms with Crippen molar-refractivity contribution in [1.82, 2.24) is 0 Å². The predicted molar refractivity (Wildman–Crippen MR) is 242 cm³/mol. The van der Waals surface area contributed by atoms with Crippen LogP contribution in [0, 0.1) is 0 Å². The van der Waals surface area contributed by atoms with Gasteiger partial charge >= 0.3 is 5.97 Å². The van der Waals surface area contributed by atoms with Gasteiger partial charge in [0.25, 0.3) is 0 Å². The van der Waals surface area contributed by atoms with Crippen LogP contribution < -0.4 is 0 Å². The fourth-order valence-corrected chi connectivity index (χ4v) is 6.53. The van der Waals surface area contributed by atoms with E-state index in [-0.39, 0.29) is 19.2 Å². The van der Waals surface area contributed by atoms with Crippen LogP contribution in [0.3, 0.4) is 0 Å². The van der Waals surface area contributed by atoms with Crippen molar-refractivity contribution >= 4 is 5.97 Å². The number of hydrogen-bond acceptors (Lipinski definition) is 4. The minimum atomic E-state index is -0.551. The molecule has 0 aromatic carbocycles. The summed E-state index contributed by atoms with van der Waals surface area (Å²) in [5.74, 6) is -0.224. The lowest BCUT2D eigenvalue weighted by Crippen LogP contribution is -2.27. The van der Waals surface area contributed by atoms with Crippen molar-refractivity contribution in [3.05, 3.63) is 72.9 Å². The SMILES string of the molecule is CC/C=C\C/C=C\C/C=C\C/C=C\CCCCCCC(=O)OC(CO)COCCCCCCCCCCCCCCCC/C=C\C/C=C\CCCCCCC. The summed E-state index contributed by atoms with van der Waals surface area (Å²) in [6.07, 6.45) is 65.5. The van der Waals surface area contributed by atoms with E-state index < -0.39 is 6.10 Å². The smallest absolute Gasteiger partial charge is 0.306 e. The quantitative estimate of drug-likeness (QED) is 0.0381. The molecular weight excluding hydrogens is 677 g/mol. The van der Waals surface area contributed by atoms with Crippen LogP contribution in [0.25, 0.3) is 0 Å². The summed E-state index contributed by atoms with van der Waals surface area (Å²) in [4.78, 5) is 12.2. The number of carbonyl (C=O) groups excluding carboxylic acids is 1. The number of hydrogen-bond donors (Lipinski definition) is 1. The van der Waals surface area contributed by atoms with Crippen molar-refractivity contribution in [3.8, 4) is 0 Å². The van der Waals surface area contributed by atoms with Crippen molar-refractivity contribution in [2.75, 3.05) is 19.8 Å². The number of ether oxygens (including phenoxy) is 2. The number of aliphatic hydroxyl groups excluding tert-OH is 1. The summed E-state index contributed by atoms with van der Waals surface area (Å²) in [5, 5.41) is 9.62. The Morgan fingerprint density at radius 2 is 0.818 bits per heavy atom. The highest BCUT2D eigenvalue weighted by molar-refractivity contribution is 5.69. The van der Waals surface area contributed by atoms with Crippen molar-refractivity contribution in [2.45, 2.75) is 225 Å². The highest BCUT2D eigenvalue weighted by Crippen LogP contribution is 2.14. The first-order valence-electron chi connectivity index (χ1n) is 23.5. The zero-order chi connectivity index (χ0) is 39.8. The van der Waals surface area contributed by atoms with E-state index in [0.717, 1.165) is 70.6 Å². The summed E-state index contributed by atoms with van der Waals surface area (Å²) >= 11 is 0. The Labute approximate surface area is 342 Å². The molecule has 1 N–H and O–H groups in total. The molecule has 0 saturated heterocycles. The second-order valence-electron chi connectivity index (χ2n) is 15.4. The first kappa shape index (κ1) is 52.8. The van der Waals surface area contributed by atoms with Gasteiger partial charge in [-0.1, -0.05) is 202 Å². The zero-order valence-electron chi connectivity index (χ0n) is 36.4. The fraction of sp³-hybridized carbons (Fsp3) is 0.745. The minimum absolute atomic E-state index is 0.184. The topological polar surface area (TPSA) is 55.8 Å². The van der Waals surface area contributed by atoms with Crippen molar-refractivity contribution in [2.24, 2.45) is 0 Å². The van der Waals surface area contributed by atoms with Gasteiger partial charge in [0.15, 0.2) is 0 Å². The van der Waals surface area contributed by atoms with E-state index in [1.165, 1.54) is 128 Å². The number of rotatable bonds is 43. The predicted octanol–water partition coefficient (Wildman–Crippen LogP) is 15.8. The van der Waals surface area contributed by atoms with Crippen LogP contribution in [-0.4, -0.2) is 37.0 Å². The van der Waals surface area contributed by atoms with Crippen molar-refractivity contribution < 1.29 is 19.4 Å². The molecule has 0 heterocycles. The third-order valence-electron chi connectivity index (χ3n) is 10.0. The van der Waals surface area contributed by atoms with Gasteiger partial charge in [-0.05, 0) is 83.5 Å². The molecule has 0 aliphatic heterocycles. The molecule has 0 aliphatic carbocycles. The monoisotopic (exact) mass is 767 g/mol. The molecule has 0 spiro atoms. The second-order valence-corrected chi connectivity index (χ2v) is 15.4. The summed E-state index contributed by atoms with van der Waals surface area (Å²) in [6.45, 7) is 5.20. The van der Waals surface area contributed by atoms with Crippen LogP contribution in [0.1, 0.15) is 219 Å². The molecule has 0 amide bonds. The van der Waals surface area contributed by atoms with Crippen molar-refractivity contribution in [3.63, 3.8) is 0 Å². The van der Waals surface area contributed by atoms with Crippen LogP contribution in [-0.2, 0) is 14.3 Å². The standard InChI is InChI=1S/C51H90O4/c1-3-5-7-9-11-13-15-17-19-21-22-23-24-25-26-27-28-29-31-33-35-37-39-41-43-45-47-54-49-50(48-52)55-51(53)46-44-42-40-38-36-34-32-30-20-18-16-14-12-10-8-6-4-2/h6,8,12,14-15,17-18,20-22,32,34,50,52H,3-5,7,9-11,13,16,19,23-31,33,35-49H2,1-2H3/b8-6-,14-12-,17-15-,20-18-,22-21-,34-32-. The molecule has 4 nitrogen and oxygen atoms in total. The van der Waals surface area contributed by atoms with Gasteiger partial charge in [0.2, 0.25) is 0 Å². The van der Waals surface area contributed by atoms with E-state index in [0.29, 0.717) is 13.0 Å². The number of carbonyl (C=O) groups is 1. The lowest BCUT2D eigenvalue weighted by molar-refractivity contribution is -0.154. The molecule has 0 aromatic rings. The average Bonchev–Trinajstić information content (AvgIpc) is 3.19. The van der Waals surface area contributed by atoms with E-state index in [2.05, 4.69) is 86.8 Å². The molecule has 0 bridgehead atoms. The molecule has 0 fully saturated rings. The Kier molecular flexibility index (Phi) is 46.1. The van der Waals surface area contributed by atoms with Gasteiger partial charge in [0, 0.05) is 13.0 Å². The van der Waals surface area contributed by atoms with Gasteiger partial charge in [-0.15, -0.1) is 0 Å². The minimum Gasteiger partial charge on any atom is -0.457 e. The molecule has 4 heteroatoms. The molecule has 318 valence electrons. The Bertz CT molecular complexity index is 942. The molecule has 0 rings (SSSR count). The number of esters is 1. The first-order chi connectivity index (χ1) is 27.2. The van der Waals surface area contributed by atoms with E-state index >= 15 is 0 Å². The summed E-state index contributed by atoms with van der Waals surface area (Å²) < 4.78 is 11.2. The summed E-state index contributed by atoms with van der Waals surface area (Å²) in [7, 11) is 0. The van der Waals surface area contributed by atoms with E-state index in [1.807, 2.05) is 0 Å². The van der Waals surface area contributed by atoms with Gasteiger partial charge in [0.05, 0.1) is 13.2 Å². The summed E-state index contributed by atoms with van der Waals surface area (Å²) in [6, 6.07) is 0. The maximum atomic E-state index is 12.2. The van der Waals surface area contributed by atoms with Gasteiger partial charge in [0.1, 0.15) is 6.10 Å². The fourth-order valence-electron chi connectivity index (χ4n) is 6.53. The van der Waals surface area contributed by atoms with Gasteiger partial charge < -0.3 is 14.6 Å². The molecular formula is C51H90O4. The molecule has 1 unspecified atom stereocenters. The van der Waals surface area contributed by atoms with Crippen molar-refractivity contribution in [1.29, 1.82) is 0 Å². The van der Waals surface area contributed by atoms with Crippen LogP contribution in [0.15, 0.2) is 72.9 Å². The maximum Gasteiger partial charge on any atom is 0.306 e. The molecule has 0 saturated carbocycles. The van der Waals surface area contributed by atoms with E-state index in [1.54, 1.807) is 0 Å². The third kappa shape index (κ3) is 46.1. The van der Waals surface area contributed by atoms with E-state index in [4.69, 9.17) is 9.47 Å². The summed E-state index contributed by atoms with van der Waals surface area (Å²) in [5.41, 5.74) is 0. The van der Waals surface area contributed by atoms with Gasteiger partial charge in [-0.25, -0.2) is 0 Å². The third-order valence-corrected chi connectivity index (χ3v) is 10.0. The lowest BCUT2D eigenvalue weighted by atomic mass is 10.0. The highest BCUT2D eigenvalue weighted by Gasteiger charge is 2.13. The Balaban J connectivity index is 3.44. The first-order valence-corrected chi connectivity index (χ1v) is 23.5. The molecule has 0 radical (unpaired) electrons. The number of aliphatic hydroxyl groups is 1. The molecule has 0 aromatic heterocycles. The molecule has 55 heavy (non-hydrogen) atoms. The number of unbranched alkanes of at least 4 members (excludes halogenated alkanes) is 23. The molecule has 0 aliphatic rings.